The van der Waals surface area contributed by atoms with Crippen LogP contribution in [0.25, 0.3) is 0 Å². The van der Waals surface area contributed by atoms with Gasteiger partial charge in [0.2, 0.25) is 0 Å². The van der Waals surface area contributed by atoms with E-state index in [9.17, 15) is 9.18 Å². The van der Waals surface area contributed by atoms with Crippen LogP contribution in [-0.4, -0.2) is 35.6 Å². The SMILES string of the molecule is CCN(CCCO)C(=O)c1cccc(Cl)c1F. The van der Waals surface area contributed by atoms with Gasteiger partial charge in [-0.3, -0.25) is 4.79 Å². The van der Waals surface area contributed by atoms with Crippen LogP contribution in [0.5, 0.6) is 0 Å². The lowest BCUT2D eigenvalue weighted by Crippen LogP contribution is -2.32. The fraction of sp³-hybridized carbons (Fsp3) is 0.417. The molecule has 0 aliphatic rings. The maximum atomic E-state index is 13.6. The molecule has 1 rings (SSSR count). The molecule has 1 aromatic carbocycles. The summed E-state index contributed by atoms with van der Waals surface area (Å²) in [7, 11) is 0. The molecule has 0 spiro atoms. The molecule has 0 radical (unpaired) electrons. The summed E-state index contributed by atoms with van der Waals surface area (Å²) in [5.74, 6) is -1.09. The van der Waals surface area contributed by atoms with Gasteiger partial charge in [0.05, 0.1) is 10.6 Å². The van der Waals surface area contributed by atoms with Gasteiger partial charge in [0, 0.05) is 19.7 Å². The Kier molecular flexibility index (Phi) is 5.38. The van der Waals surface area contributed by atoms with Crippen molar-refractivity contribution in [3.63, 3.8) is 0 Å². The van der Waals surface area contributed by atoms with Crippen molar-refractivity contribution >= 4 is 17.5 Å². The molecule has 0 heterocycles. The number of hydrogen-bond donors (Lipinski definition) is 1. The Morgan fingerprint density at radius 2 is 2.24 bits per heavy atom. The zero-order valence-electron chi connectivity index (χ0n) is 9.62. The third-order valence-electron chi connectivity index (χ3n) is 2.44. The van der Waals surface area contributed by atoms with Gasteiger partial charge in [-0.1, -0.05) is 17.7 Å². The van der Waals surface area contributed by atoms with Crippen LogP contribution in [0.2, 0.25) is 5.02 Å². The Labute approximate surface area is 105 Å². The Hall–Kier alpha value is -1.13. The largest absolute Gasteiger partial charge is 0.396 e. The summed E-state index contributed by atoms with van der Waals surface area (Å²) in [6, 6.07) is 4.35. The van der Waals surface area contributed by atoms with E-state index >= 15 is 0 Å². The second-order valence-electron chi connectivity index (χ2n) is 3.56. The highest BCUT2D eigenvalue weighted by atomic mass is 35.5. The third-order valence-corrected chi connectivity index (χ3v) is 2.73. The first kappa shape index (κ1) is 13.9. The Morgan fingerprint density at radius 3 is 2.82 bits per heavy atom. The van der Waals surface area contributed by atoms with Crippen LogP contribution in [0.1, 0.15) is 23.7 Å². The zero-order valence-corrected chi connectivity index (χ0v) is 10.4. The lowest BCUT2D eigenvalue weighted by atomic mass is 10.2. The van der Waals surface area contributed by atoms with Gasteiger partial charge >= 0.3 is 0 Å². The average molecular weight is 260 g/mol. The van der Waals surface area contributed by atoms with E-state index in [4.69, 9.17) is 16.7 Å². The van der Waals surface area contributed by atoms with Gasteiger partial charge in [-0.2, -0.15) is 0 Å². The number of nitrogens with zero attached hydrogens (tertiary/aromatic N) is 1. The van der Waals surface area contributed by atoms with Crippen molar-refractivity contribution in [3.8, 4) is 0 Å². The van der Waals surface area contributed by atoms with Crippen LogP contribution >= 0.6 is 11.6 Å². The van der Waals surface area contributed by atoms with Gasteiger partial charge in [0.1, 0.15) is 0 Å². The molecule has 5 heteroatoms. The molecule has 0 aromatic heterocycles. The van der Waals surface area contributed by atoms with Crippen LogP contribution in [-0.2, 0) is 0 Å². The quantitative estimate of drug-likeness (QED) is 0.882. The van der Waals surface area contributed by atoms with E-state index in [0.717, 1.165) is 0 Å². The molecule has 0 fully saturated rings. The zero-order chi connectivity index (χ0) is 12.8. The van der Waals surface area contributed by atoms with Crippen molar-refractivity contribution in [2.45, 2.75) is 13.3 Å². The number of amides is 1. The summed E-state index contributed by atoms with van der Waals surface area (Å²) in [6.07, 6.45) is 0.474. The fourth-order valence-electron chi connectivity index (χ4n) is 1.50. The first-order valence-corrected chi connectivity index (χ1v) is 5.83. The summed E-state index contributed by atoms with van der Waals surface area (Å²) < 4.78 is 13.6. The van der Waals surface area contributed by atoms with Crippen LogP contribution in [0.3, 0.4) is 0 Å². The standard InChI is InChI=1S/C12H15ClFNO2/c1-2-15(7-4-8-16)12(17)9-5-3-6-10(13)11(9)14/h3,5-6,16H,2,4,7-8H2,1H3. The predicted octanol–water partition coefficient (Wildman–Crippen LogP) is 2.32. The van der Waals surface area contributed by atoms with Crippen LogP contribution in [0.15, 0.2) is 18.2 Å². The molecule has 0 atom stereocenters. The minimum atomic E-state index is -0.693. The molecule has 0 saturated heterocycles. The van der Waals surface area contributed by atoms with Crippen LogP contribution in [0.4, 0.5) is 4.39 Å². The first-order valence-electron chi connectivity index (χ1n) is 5.46. The summed E-state index contributed by atoms with van der Waals surface area (Å²) in [6.45, 7) is 2.67. The molecule has 0 aliphatic carbocycles. The van der Waals surface area contributed by atoms with Gasteiger partial charge in [0.15, 0.2) is 5.82 Å². The number of rotatable bonds is 5. The number of benzene rings is 1. The lowest BCUT2D eigenvalue weighted by molar-refractivity contribution is 0.0749. The molecule has 0 saturated carbocycles. The molecule has 0 bridgehead atoms. The molecule has 0 unspecified atom stereocenters. The highest BCUT2D eigenvalue weighted by Gasteiger charge is 2.18. The van der Waals surface area contributed by atoms with Crippen molar-refractivity contribution < 1.29 is 14.3 Å². The van der Waals surface area contributed by atoms with E-state index in [1.807, 2.05) is 0 Å². The van der Waals surface area contributed by atoms with Crippen molar-refractivity contribution in [2.75, 3.05) is 19.7 Å². The number of hydrogen-bond acceptors (Lipinski definition) is 2. The summed E-state index contributed by atoms with van der Waals surface area (Å²) in [4.78, 5) is 13.5. The molecule has 0 aliphatic heterocycles. The smallest absolute Gasteiger partial charge is 0.256 e. The highest BCUT2D eigenvalue weighted by Crippen LogP contribution is 2.19. The third kappa shape index (κ3) is 3.41. The molecule has 17 heavy (non-hydrogen) atoms. The molecule has 94 valence electrons. The molecule has 1 N–H and O–H groups in total. The van der Waals surface area contributed by atoms with E-state index in [1.165, 1.54) is 17.0 Å². The van der Waals surface area contributed by atoms with Crippen LogP contribution < -0.4 is 0 Å². The Balaban J connectivity index is 2.90. The predicted molar refractivity (Wildman–Crippen MR) is 64.7 cm³/mol. The summed E-state index contributed by atoms with van der Waals surface area (Å²) >= 11 is 5.62. The topological polar surface area (TPSA) is 40.5 Å². The average Bonchev–Trinajstić information content (AvgIpc) is 2.33. The van der Waals surface area contributed by atoms with Crippen molar-refractivity contribution in [3.05, 3.63) is 34.6 Å². The van der Waals surface area contributed by atoms with Gasteiger partial charge in [-0.15, -0.1) is 0 Å². The van der Waals surface area contributed by atoms with E-state index in [0.29, 0.717) is 19.5 Å². The van der Waals surface area contributed by atoms with Crippen molar-refractivity contribution in [1.82, 2.24) is 4.90 Å². The second-order valence-corrected chi connectivity index (χ2v) is 3.97. The minimum absolute atomic E-state index is 0.00179. The fourth-order valence-corrected chi connectivity index (χ4v) is 1.68. The van der Waals surface area contributed by atoms with Crippen molar-refractivity contribution in [1.29, 1.82) is 0 Å². The highest BCUT2D eigenvalue weighted by molar-refractivity contribution is 6.31. The van der Waals surface area contributed by atoms with Gasteiger partial charge in [-0.25, -0.2) is 4.39 Å². The van der Waals surface area contributed by atoms with E-state index in [1.54, 1.807) is 13.0 Å². The van der Waals surface area contributed by atoms with Gasteiger partial charge < -0.3 is 10.0 Å². The molecule has 1 amide bonds. The Morgan fingerprint density at radius 1 is 1.53 bits per heavy atom. The summed E-state index contributed by atoms with van der Waals surface area (Å²) in [5.41, 5.74) is -0.0303. The van der Waals surface area contributed by atoms with Crippen molar-refractivity contribution in [2.24, 2.45) is 0 Å². The summed E-state index contributed by atoms with van der Waals surface area (Å²) in [5, 5.41) is 8.67. The monoisotopic (exact) mass is 259 g/mol. The number of carbonyl (C=O) groups is 1. The van der Waals surface area contributed by atoms with Gasteiger partial charge in [0.25, 0.3) is 5.91 Å². The Bertz CT molecular complexity index is 398. The van der Waals surface area contributed by atoms with Gasteiger partial charge in [-0.05, 0) is 25.5 Å². The minimum Gasteiger partial charge on any atom is -0.396 e. The van der Waals surface area contributed by atoms with E-state index < -0.39 is 11.7 Å². The lowest BCUT2D eigenvalue weighted by Gasteiger charge is -2.20. The number of halogens is 2. The van der Waals surface area contributed by atoms with Crippen LogP contribution in [0, 0.1) is 5.82 Å². The second kappa shape index (κ2) is 6.57. The molecular weight excluding hydrogens is 245 g/mol. The first-order chi connectivity index (χ1) is 8.11. The maximum Gasteiger partial charge on any atom is 0.256 e. The number of aliphatic hydroxyl groups excluding tert-OH is 1. The molecular formula is C12H15ClFNO2. The number of carbonyl (C=O) groups excluding carboxylic acids is 1. The molecule has 1 aromatic rings. The number of aliphatic hydroxyl groups is 1. The maximum absolute atomic E-state index is 13.6. The molecule has 3 nitrogen and oxygen atoms in total. The van der Waals surface area contributed by atoms with E-state index in [-0.39, 0.29) is 17.2 Å². The van der Waals surface area contributed by atoms with E-state index in [2.05, 4.69) is 0 Å². The normalized spacial score (nSPS) is 10.4.